The minimum atomic E-state index is 0.455. The van der Waals surface area contributed by atoms with Gasteiger partial charge in [-0.25, -0.2) is 0 Å². The lowest BCUT2D eigenvalue weighted by atomic mass is 10.1. The Hall–Kier alpha value is -0.840. The van der Waals surface area contributed by atoms with Crippen molar-refractivity contribution in [1.82, 2.24) is 4.90 Å². The van der Waals surface area contributed by atoms with Gasteiger partial charge in [0.15, 0.2) is 0 Å². The van der Waals surface area contributed by atoms with E-state index in [1.807, 2.05) is 12.1 Å². The molecule has 18 heavy (non-hydrogen) atoms. The number of nitrogens with two attached hydrogens (primary N) is 1. The zero-order chi connectivity index (χ0) is 12.8. The second kappa shape index (κ2) is 6.92. The first-order chi connectivity index (χ1) is 8.85. The van der Waals surface area contributed by atoms with Gasteiger partial charge in [0.25, 0.3) is 0 Å². The molecular formula is C14H24N2O2. The normalized spacial score (nSPS) is 17.3. The molecule has 102 valence electrons. The molecule has 1 saturated carbocycles. The summed E-state index contributed by atoms with van der Waals surface area (Å²) in [7, 11) is 1.77. The van der Waals surface area contributed by atoms with E-state index in [0.29, 0.717) is 12.1 Å². The van der Waals surface area contributed by atoms with Gasteiger partial charge < -0.3 is 14.9 Å². The molecular weight excluding hydrogens is 228 g/mol. The first-order valence-electron chi connectivity index (χ1n) is 6.82. The van der Waals surface area contributed by atoms with Crippen molar-refractivity contribution in [2.45, 2.75) is 44.3 Å². The van der Waals surface area contributed by atoms with Crippen molar-refractivity contribution >= 4 is 0 Å². The molecule has 1 unspecified atom stereocenters. The molecule has 2 N–H and O–H groups in total. The van der Waals surface area contributed by atoms with Gasteiger partial charge in [-0.2, -0.15) is 0 Å². The molecule has 0 saturated heterocycles. The average molecular weight is 252 g/mol. The quantitative estimate of drug-likeness (QED) is 0.730. The maximum absolute atomic E-state index is 5.62. The molecule has 4 nitrogen and oxygen atoms in total. The van der Waals surface area contributed by atoms with Gasteiger partial charge in [-0.05, 0) is 44.4 Å². The maximum Gasteiger partial charge on any atom is 0.117 e. The topological polar surface area (TPSA) is 51.6 Å². The van der Waals surface area contributed by atoms with Crippen molar-refractivity contribution in [3.05, 3.63) is 24.2 Å². The monoisotopic (exact) mass is 252 g/mol. The average Bonchev–Trinajstić information content (AvgIpc) is 3.09. The van der Waals surface area contributed by atoms with E-state index in [0.717, 1.165) is 38.3 Å². The Kier molecular flexibility index (Phi) is 5.23. The van der Waals surface area contributed by atoms with Crippen LogP contribution in [0.1, 0.15) is 31.4 Å². The standard InChI is InChI=1S/C14H24N2O2/c1-17-11-13(4-2-8-15)16(12-6-7-12)10-14-5-3-9-18-14/h3,5,9,12-13H,2,4,6-8,10-11,15H2,1H3. The smallest absolute Gasteiger partial charge is 0.117 e. The lowest BCUT2D eigenvalue weighted by molar-refractivity contribution is 0.0690. The Morgan fingerprint density at radius 1 is 1.56 bits per heavy atom. The van der Waals surface area contributed by atoms with Crippen LogP contribution in [-0.2, 0) is 11.3 Å². The van der Waals surface area contributed by atoms with Gasteiger partial charge in [-0.3, -0.25) is 4.90 Å². The summed E-state index contributed by atoms with van der Waals surface area (Å²) in [5, 5.41) is 0. The molecule has 0 aliphatic heterocycles. The minimum absolute atomic E-state index is 0.455. The molecule has 1 aliphatic carbocycles. The second-order valence-electron chi connectivity index (χ2n) is 5.02. The van der Waals surface area contributed by atoms with Crippen LogP contribution in [0.3, 0.4) is 0 Å². The number of furan rings is 1. The van der Waals surface area contributed by atoms with Crippen molar-refractivity contribution in [3.63, 3.8) is 0 Å². The highest BCUT2D eigenvalue weighted by Crippen LogP contribution is 2.31. The summed E-state index contributed by atoms with van der Waals surface area (Å²) in [6, 6.07) is 5.15. The van der Waals surface area contributed by atoms with Crippen molar-refractivity contribution < 1.29 is 9.15 Å². The molecule has 0 spiro atoms. The third kappa shape index (κ3) is 3.83. The summed E-state index contributed by atoms with van der Waals surface area (Å²) >= 11 is 0. The third-order valence-corrected chi connectivity index (χ3v) is 3.50. The van der Waals surface area contributed by atoms with Gasteiger partial charge in [0.05, 0.1) is 19.4 Å². The van der Waals surface area contributed by atoms with E-state index in [-0.39, 0.29) is 0 Å². The molecule has 1 aromatic rings. The summed E-state index contributed by atoms with van der Waals surface area (Å²) in [5.41, 5.74) is 5.62. The maximum atomic E-state index is 5.62. The van der Waals surface area contributed by atoms with E-state index in [9.17, 15) is 0 Å². The van der Waals surface area contributed by atoms with Crippen molar-refractivity contribution in [2.24, 2.45) is 5.73 Å². The predicted octanol–water partition coefficient (Wildman–Crippen LogP) is 2.00. The van der Waals surface area contributed by atoms with Crippen LogP contribution in [-0.4, -0.2) is 37.2 Å². The molecule has 1 fully saturated rings. The summed E-state index contributed by atoms with van der Waals surface area (Å²) < 4.78 is 10.8. The highest BCUT2D eigenvalue weighted by Gasteiger charge is 2.34. The third-order valence-electron chi connectivity index (χ3n) is 3.50. The lowest BCUT2D eigenvalue weighted by Crippen LogP contribution is -2.40. The number of hydrogen-bond donors (Lipinski definition) is 1. The largest absolute Gasteiger partial charge is 0.468 e. The van der Waals surface area contributed by atoms with Crippen LogP contribution >= 0.6 is 0 Å². The Morgan fingerprint density at radius 3 is 2.94 bits per heavy atom. The van der Waals surface area contributed by atoms with Crippen LogP contribution in [0.4, 0.5) is 0 Å². The van der Waals surface area contributed by atoms with E-state index >= 15 is 0 Å². The van der Waals surface area contributed by atoms with E-state index < -0.39 is 0 Å². The Labute approximate surface area is 109 Å². The molecule has 0 amide bonds. The number of hydrogen-bond acceptors (Lipinski definition) is 4. The molecule has 4 heteroatoms. The van der Waals surface area contributed by atoms with Crippen LogP contribution in [0.25, 0.3) is 0 Å². The Bertz CT molecular complexity index is 323. The SMILES string of the molecule is COCC(CCCN)N(Cc1ccco1)C1CC1. The first kappa shape index (κ1) is 13.6. The van der Waals surface area contributed by atoms with Crippen LogP contribution in [0, 0.1) is 0 Å². The summed E-state index contributed by atoms with van der Waals surface area (Å²) in [6.45, 7) is 2.41. The number of rotatable bonds is 9. The van der Waals surface area contributed by atoms with Crippen LogP contribution < -0.4 is 5.73 Å². The minimum Gasteiger partial charge on any atom is -0.468 e. The van der Waals surface area contributed by atoms with Crippen molar-refractivity contribution in [3.8, 4) is 0 Å². The molecule has 0 radical (unpaired) electrons. The molecule has 1 aromatic heterocycles. The van der Waals surface area contributed by atoms with Crippen LogP contribution in [0.15, 0.2) is 22.8 Å². The van der Waals surface area contributed by atoms with E-state index in [1.54, 1.807) is 13.4 Å². The number of ether oxygens (including phenoxy) is 1. The second-order valence-corrected chi connectivity index (χ2v) is 5.02. The molecule has 0 aromatic carbocycles. The molecule has 1 atom stereocenters. The number of methoxy groups -OCH3 is 1. The van der Waals surface area contributed by atoms with Crippen molar-refractivity contribution in [1.29, 1.82) is 0 Å². The van der Waals surface area contributed by atoms with Gasteiger partial charge >= 0.3 is 0 Å². The Balaban J connectivity index is 1.96. The van der Waals surface area contributed by atoms with Crippen LogP contribution in [0.2, 0.25) is 0 Å². The van der Waals surface area contributed by atoms with Gasteiger partial charge in [0, 0.05) is 19.2 Å². The zero-order valence-corrected chi connectivity index (χ0v) is 11.2. The van der Waals surface area contributed by atoms with Gasteiger partial charge in [-0.15, -0.1) is 0 Å². The van der Waals surface area contributed by atoms with Gasteiger partial charge in [-0.1, -0.05) is 0 Å². The fourth-order valence-electron chi connectivity index (χ4n) is 2.44. The highest BCUT2D eigenvalue weighted by atomic mass is 16.5. The predicted molar refractivity (Wildman–Crippen MR) is 71.2 cm³/mol. The molecule has 1 aliphatic rings. The first-order valence-corrected chi connectivity index (χ1v) is 6.82. The van der Waals surface area contributed by atoms with Gasteiger partial charge in [0.2, 0.25) is 0 Å². The molecule has 2 rings (SSSR count). The van der Waals surface area contributed by atoms with E-state index in [2.05, 4.69) is 4.90 Å². The van der Waals surface area contributed by atoms with Crippen molar-refractivity contribution in [2.75, 3.05) is 20.3 Å². The number of nitrogens with zero attached hydrogens (tertiary/aromatic N) is 1. The van der Waals surface area contributed by atoms with E-state index in [1.165, 1.54) is 12.8 Å². The summed E-state index contributed by atoms with van der Waals surface area (Å²) in [5.74, 6) is 1.04. The van der Waals surface area contributed by atoms with Crippen LogP contribution in [0.5, 0.6) is 0 Å². The van der Waals surface area contributed by atoms with E-state index in [4.69, 9.17) is 14.9 Å². The van der Waals surface area contributed by atoms with Gasteiger partial charge in [0.1, 0.15) is 5.76 Å². The highest BCUT2D eigenvalue weighted by molar-refractivity contribution is 5.01. The fourth-order valence-corrected chi connectivity index (χ4v) is 2.44. The lowest BCUT2D eigenvalue weighted by Gasteiger charge is -2.30. The summed E-state index contributed by atoms with van der Waals surface area (Å²) in [6.07, 6.45) is 6.48. The zero-order valence-electron chi connectivity index (χ0n) is 11.2. The molecule has 0 bridgehead atoms. The Morgan fingerprint density at radius 2 is 2.39 bits per heavy atom. The summed E-state index contributed by atoms with van der Waals surface area (Å²) in [4.78, 5) is 2.53. The fraction of sp³-hybridized carbons (Fsp3) is 0.714. The molecule has 1 heterocycles.